The number of carboxylic acid groups (broad SMARTS) is 1. The molecule has 0 unspecified atom stereocenters. The van der Waals surface area contributed by atoms with Crippen LogP contribution in [-0.4, -0.2) is 30.6 Å². The molecule has 126 valence electrons. The molecule has 0 bridgehead atoms. The summed E-state index contributed by atoms with van der Waals surface area (Å²) in [6, 6.07) is 6.92. The van der Waals surface area contributed by atoms with Crippen molar-refractivity contribution in [3.8, 4) is 11.5 Å². The predicted molar refractivity (Wildman–Crippen MR) is 93.3 cm³/mol. The minimum Gasteiger partial charge on any atom is -0.493 e. The van der Waals surface area contributed by atoms with E-state index >= 15 is 0 Å². The van der Waals surface area contributed by atoms with Gasteiger partial charge < -0.3 is 14.6 Å². The minimum atomic E-state index is -1.06. The molecule has 24 heavy (non-hydrogen) atoms. The third-order valence-corrected chi connectivity index (χ3v) is 4.24. The minimum absolute atomic E-state index is 0.0537. The van der Waals surface area contributed by atoms with Gasteiger partial charge in [0.1, 0.15) is 0 Å². The smallest absolute Gasteiger partial charge is 0.341 e. The van der Waals surface area contributed by atoms with Gasteiger partial charge in [-0.3, -0.25) is 4.79 Å². The average molecular weight is 346 g/mol. The van der Waals surface area contributed by atoms with Crippen LogP contribution < -0.4 is 9.47 Å². The van der Waals surface area contributed by atoms with Gasteiger partial charge in [0.25, 0.3) is 0 Å². The predicted octanol–water partition coefficient (Wildman–Crippen LogP) is 3.73. The molecule has 0 aliphatic heterocycles. The first-order valence-electron chi connectivity index (χ1n) is 7.22. The summed E-state index contributed by atoms with van der Waals surface area (Å²) in [5.41, 5.74) is 1.47. The fourth-order valence-corrected chi connectivity index (χ4v) is 3.11. The van der Waals surface area contributed by atoms with Crippen molar-refractivity contribution in [2.75, 3.05) is 13.7 Å². The van der Waals surface area contributed by atoms with Gasteiger partial charge in [-0.1, -0.05) is 12.1 Å². The molecule has 0 saturated carbocycles. The fraction of sp³-hybridized carbons (Fsp3) is 0.222. The topological polar surface area (TPSA) is 72.8 Å². The summed E-state index contributed by atoms with van der Waals surface area (Å²) in [6.07, 6.45) is 3.21. The van der Waals surface area contributed by atoms with Crippen molar-refractivity contribution in [3.05, 3.63) is 51.2 Å². The van der Waals surface area contributed by atoms with Crippen molar-refractivity contribution < 1.29 is 24.2 Å². The first-order chi connectivity index (χ1) is 11.4. The third kappa shape index (κ3) is 4.45. The SMILES string of the molecule is COc1cc(/C=C/C(=O)c2cc(C)sc2C)ccc1OCC(=O)O. The van der Waals surface area contributed by atoms with Crippen LogP contribution in [0.5, 0.6) is 11.5 Å². The van der Waals surface area contributed by atoms with Gasteiger partial charge in [-0.25, -0.2) is 4.79 Å². The van der Waals surface area contributed by atoms with E-state index in [1.165, 1.54) is 13.2 Å². The van der Waals surface area contributed by atoms with Crippen LogP contribution in [-0.2, 0) is 4.79 Å². The van der Waals surface area contributed by atoms with E-state index < -0.39 is 12.6 Å². The molecule has 1 aromatic heterocycles. The molecule has 0 fully saturated rings. The third-order valence-electron chi connectivity index (χ3n) is 3.27. The summed E-state index contributed by atoms with van der Waals surface area (Å²) in [5, 5.41) is 8.66. The maximum Gasteiger partial charge on any atom is 0.341 e. The van der Waals surface area contributed by atoms with Gasteiger partial charge in [0.15, 0.2) is 23.9 Å². The van der Waals surface area contributed by atoms with Gasteiger partial charge >= 0.3 is 5.97 Å². The summed E-state index contributed by atoms with van der Waals surface area (Å²) < 4.78 is 10.3. The molecule has 0 saturated heterocycles. The second kappa shape index (κ2) is 7.79. The number of hydrogen-bond acceptors (Lipinski definition) is 5. The van der Waals surface area contributed by atoms with E-state index in [0.29, 0.717) is 17.1 Å². The number of thiophene rings is 1. The second-order valence-electron chi connectivity index (χ2n) is 5.12. The lowest BCUT2D eigenvalue weighted by Gasteiger charge is -2.09. The molecule has 0 spiro atoms. The normalized spacial score (nSPS) is 10.8. The molecule has 6 heteroatoms. The van der Waals surface area contributed by atoms with E-state index in [0.717, 1.165) is 15.3 Å². The molecular weight excluding hydrogens is 328 g/mol. The molecule has 0 amide bonds. The molecule has 2 rings (SSSR count). The first-order valence-corrected chi connectivity index (χ1v) is 8.04. The first kappa shape index (κ1) is 17.7. The van der Waals surface area contributed by atoms with Crippen LogP contribution >= 0.6 is 11.3 Å². The fourth-order valence-electron chi connectivity index (χ4n) is 2.18. The zero-order valence-electron chi connectivity index (χ0n) is 13.7. The summed E-state index contributed by atoms with van der Waals surface area (Å²) in [4.78, 5) is 24.9. The second-order valence-corrected chi connectivity index (χ2v) is 6.58. The number of hydrogen-bond donors (Lipinski definition) is 1. The van der Waals surface area contributed by atoms with Crippen LogP contribution in [0.25, 0.3) is 6.08 Å². The maximum absolute atomic E-state index is 12.2. The molecule has 0 aliphatic rings. The Kier molecular flexibility index (Phi) is 5.76. The van der Waals surface area contributed by atoms with Gasteiger partial charge in [0.2, 0.25) is 0 Å². The number of methoxy groups -OCH3 is 1. The summed E-state index contributed by atoms with van der Waals surface area (Å²) in [7, 11) is 1.47. The highest BCUT2D eigenvalue weighted by Gasteiger charge is 2.10. The Bertz CT molecular complexity index is 789. The lowest BCUT2D eigenvalue weighted by atomic mass is 10.1. The van der Waals surface area contributed by atoms with Crippen LogP contribution in [0.2, 0.25) is 0 Å². The van der Waals surface area contributed by atoms with Crippen LogP contribution in [0.4, 0.5) is 0 Å². The highest BCUT2D eigenvalue weighted by molar-refractivity contribution is 7.12. The average Bonchev–Trinajstić information content (AvgIpc) is 2.89. The molecule has 0 radical (unpaired) electrons. The molecule has 1 heterocycles. The Morgan fingerprint density at radius 2 is 1.96 bits per heavy atom. The number of carbonyl (C=O) groups excluding carboxylic acids is 1. The number of carboxylic acids is 1. The molecule has 2 aromatic rings. The van der Waals surface area contributed by atoms with Crippen molar-refractivity contribution in [1.82, 2.24) is 0 Å². The van der Waals surface area contributed by atoms with Crippen molar-refractivity contribution in [3.63, 3.8) is 0 Å². The van der Waals surface area contributed by atoms with Crippen molar-refractivity contribution in [1.29, 1.82) is 0 Å². The number of carbonyl (C=O) groups is 2. The van der Waals surface area contributed by atoms with E-state index in [9.17, 15) is 9.59 Å². The van der Waals surface area contributed by atoms with Crippen molar-refractivity contribution in [2.45, 2.75) is 13.8 Å². The van der Waals surface area contributed by atoms with Gasteiger partial charge in [0.05, 0.1) is 7.11 Å². The molecule has 1 N–H and O–H groups in total. The van der Waals surface area contributed by atoms with Crippen molar-refractivity contribution >= 4 is 29.2 Å². The molecule has 5 nitrogen and oxygen atoms in total. The zero-order chi connectivity index (χ0) is 17.7. The van der Waals surface area contributed by atoms with Crippen LogP contribution in [0.3, 0.4) is 0 Å². The summed E-state index contributed by atoms with van der Waals surface area (Å²) in [6.45, 7) is 3.45. The van der Waals surface area contributed by atoms with E-state index in [1.54, 1.807) is 35.6 Å². The number of ether oxygens (including phenoxy) is 2. The van der Waals surface area contributed by atoms with Crippen molar-refractivity contribution in [2.24, 2.45) is 0 Å². The maximum atomic E-state index is 12.2. The van der Waals surface area contributed by atoms with Crippen LogP contribution in [0.15, 0.2) is 30.3 Å². The van der Waals surface area contributed by atoms with Gasteiger partial charge in [0, 0.05) is 15.3 Å². The number of allylic oxidation sites excluding steroid dienone is 1. The Morgan fingerprint density at radius 3 is 2.54 bits per heavy atom. The van der Waals surface area contributed by atoms with Gasteiger partial charge in [-0.05, 0) is 43.7 Å². The van der Waals surface area contributed by atoms with Gasteiger partial charge in [-0.2, -0.15) is 0 Å². The lowest BCUT2D eigenvalue weighted by molar-refractivity contribution is -0.139. The van der Waals surface area contributed by atoms with Crippen LogP contribution in [0, 0.1) is 13.8 Å². The monoisotopic (exact) mass is 346 g/mol. The standard InChI is InChI=1S/C18H18O5S/c1-11-8-14(12(2)24-11)15(19)6-4-13-5-7-16(17(9-13)22-3)23-10-18(20)21/h4-9H,10H2,1-3H3,(H,20,21)/b6-4+. The van der Waals surface area contributed by atoms with E-state index in [4.69, 9.17) is 14.6 Å². The van der Waals surface area contributed by atoms with E-state index in [1.807, 2.05) is 19.9 Å². The highest BCUT2D eigenvalue weighted by Crippen LogP contribution is 2.29. The summed E-state index contributed by atoms with van der Waals surface area (Å²) >= 11 is 1.60. The highest BCUT2D eigenvalue weighted by atomic mass is 32.1. The number of aliphatic carboxylic acids is 1. The Balaban J connectivity index is 2.16. The summed E-state index contributed by atoms with van der Waals surface area (Å²) in [5.74, 6) is -0.365. The van der Waals surface area contributed by atoms with Crippen LogP contribution in [0.1, 0.15) is 25.7 Å². The molecule has 1 aromatic carbocycles. The van der Waals surface area contributed by atoms with Gasteiger partial charge in [-0.15, -0.1) is 11.3 Å². The molecule has 0 atom stereocenters. The Labute approximate surface area is 144 Å². The van der Waals surface area contributed by atoms with E-state index in [-0.39, 0.29) is 5.78 Å². The Morgan fingerprint density at radius 1 is 1.21 bits per heavy atom. The number of ketones is 1. The molecule has 0 aliphatic carbocycles. The zero-order valence-corrected chi connectivity index (χ0v) is 14.5. The largest absolute Gasteiger partial charge is 0.493 e. The Hall–Kier alpha value is -2.60. The quantitative estimate of drug-likeness (QED) is 0.611. The number of aryl methyl sites for hydroxylation is 2. The lowest BCUT2D eigenvalue weighted by Crippen LogP contribution is -2.10. The van der Waals surface area contributed by atoms with E-state index in [2.05, 4.69) is 0 Å². The molecular formula is C18H18O5S. The number of rotatable bonds is 7. The number of benzene rings is 1.